The average molecular weight is 385 g/mol. The van der Waals surface area contributed by atoms with Crippen molar-refractivity contribution in [2.75, 3.05) is 12.4 Å². The van der Waals surface area contributed by atoms with Crippen molar-refractivity contribution in [2.45, 2.75) is 6.04 Å². The van der Waals surface area contributed by atoms with Gasteiger partial charge < -0.3 is 10.1 Å². The second-order valence-electron chi connectivity index (χ2n) is 6.33. The summed E-state index contributed by atoms with van der Waals surface area (Å²) in [6.07, 6.45) is 0. The molecule has 1 heterocycles. The molecule has 7 nitrogen and oxygen atoms in total. The van der Waals surface area contributed by atoms with Crippen molar-refractivity contribution in [3.8, 4) is 17.1 Å². The van der Waals surface area contributed by atoms with Crippen LogP contribution in [0.15, 0.2) is 84.9 Å². The van der Waals surface area contributed by atoms with Gasteiger partial charge in [0.05, 0.1) is 7.11 Å². The number of nitrogens with zero attached hydrogens (tertiary/aromatic N) is 4. The van der Waals surface area contributed by atoms with Crippen molar-refractivity contribution in [3.63, 3.8) is 0 Å². The van der Waals surface area contributed by atoms with Gasteiger partial charge in [0, 0.05) is 17.3 Å². The molecule has 1 amide bonds. The Morgan fingerprint density at radius 2 is 1.69 bits per heavy atom. The van der Waals surface area contributed by atoms with E-state index < -0.39 is 6.04 Å². The maximum Gasteiger partial charge on any atom is 0.255 e. The summed E-state index contributed by atoms with van der Waals surface area (Å²) in [4.78, 5) is 14.5. The molecule has 3 aromatic carbocycles. The number of rotatable bonds is 6. The van der Waals surface area contributed by atoms with Crippen molar-refractivity contribution in [3.05, 3.63) is 90.5 Å². The SMILES string of the molecule is COc1cccc(NC(=O)C(c2ccccc2)n2nnc(-c3ccccc3)n2)c1. The summed E-state index contributed by atoms with van der Waals surface area (Å²) in [6.45, 7) is 0. The fraction of sp³-hybridized carbons (Fsp3) is 0.0909. The minimum Gasteiger partial charge on any atom is -0.497 e. The van der Waals surface area contributed by atoms with Crippen LogP contribution < -0.4 is 10.1 Å². The molecule has 0 fully saturated rings. The van der Waals surface area contributed by atoms with E-state index in [9.17, 15) is 4.79 Å². The van der Waals surface area contributed by atoms with Gasteiger partial charge in [0.25, 0.3) is 5.91 Å². The number of benzene rings is 3. The van der Waals surface area contributed by atoms with Crippen LogP contribution in [0.25, 0.3) is 11.4 Å². The zero-order valence-corrected chi connectivity index (χ0v) is 15.8. The topological polar surface area (TPSA) is 81.9 Å². The van der Waals surface area contributed by atoms with Crippen LogP contribution in [0.1, 0.15) is 11.6 Å². The number of nitrogens with one attached hydrogen (secondary N) is 1. The number of carbonyl (C=O) groups is 1. The normalized spacial score (nSPS) is 11.6. The highest BCUT2D eigenvalue weighted by Gasteiger charge is 2.26. The van der Waals surface area contributed by atoms with E-state index in [1.165, 1.54) is 4.80 Å². The van der Waals surface area contributed by atoms with Crippen molar-refractivity contribution in [1.29, 1.82) is 0 Å². The van der Waals surface area contributed by atoms with Crippen molar-refractivity contribution in [1.82, 2.24) is 20.2 Å². The van der Waals surface area contributed by atoms with Gasteiger partial charge in [-0.2, -0.15) is 0 Å². The smallest absolute Gasteiger partial charge is 0.255 e. The number of hydrogen-bond donors (Lipinski definition) is 1. The summed E-state index contributed by atoms with van der Waals surface area (Å²) in [6, 6.07) is 25.3. The molecule has 1 N–H and O–H groups in total. The van der Waals surface area contributed by atoms with E-state index in [1.54, 1.807) is 19.2 Å². The lowest BCUT2D eigenvalue weighted by Gasteiger charge is -2.16. The molecule has 7 heteroatoms. The Balaban J connectivity index is 1.67. The lowest BCUT2D eigenvalue weighted by Crippen LogP contribution is -2.28. The van der Waals surface area contributed by atoms with Crippen LogP contribution in [-0.2, 0) is 4.79 Å². The third-order valence-electron chi connectivity index (χ3n) is 4.39. The zero-order valence-electron chi connectivity index (χ0n) is 15.8. The van der Waals surface area contributed by atoms with E-state index in [0.29, 0.717) is 17.3 Å². The number of aromatic nitrogens is 4. The molecule has 4 aromatic rings. The fourth-order valence-corrected chi connectivity index (χ4v) is 2.97. The molecular formula is C22H19N5O2. The highest BCUT2D eigenvalue weighted by atomic mass is 16.5. The van der Waals surface area contributed by atoms with Gasteiger partial charge in [0.2, 0.25) is 5.82 Å². The van der Waals surface area contributed by atoms with E-state index in [0.717, 1.165) is 11.1 Å². The van der Waals surface area contributed by atoms with Crippen LogP contribution in [0.5, 0.6) is 5.75 Å². The number of carbonyl (C=O) groups excluding carboxylic acids is 1. The number of methoxy groups -OCH3 is 1. The van der Waals surface area contributed by atoms with Gasteiger partial charge in [-0.25, -0.2) is 0 Å². The van der Waals surface area contributed by atoms with Crippen molar-refractivity contribution < 1.29 is 9.53 Å². The highest BCUT2D eigenvalue weighted by Crippen LogP contribution is 2.22. The largest absolute Gasteiger partial charge is 0.497 e. The van der Waals surface area contributed by atoms with Crippen LogP contribution in [0.3, 0.4) is 0 Å². The Labute approximate surface area is 168 Å². The molecule has 0 bridgehead atoms. The van der Waals surface area contributed by atoms with E-state index in [-0.39, 0.29) is 5.91 Å². The molecule has 0 saturated heterocycles. The molecule has 4 rings (SSSR count). The molecule has 0 aliphatic rings. The van der Waals surface area contributed by atoms with Crippen molar-refractivity contribution >= 4 is 11.6 Å². The second kappa shape index (κ2) is 8.35. The van der Waals surface area contributed by atoms with Crippen molar-refractivity contribution in [2.24, 2.45) is 0 Å². The summed E-state index contributed by atoms with van der Waals surface area (Å²) in [5.41, 5.74) is 2.21. The summed E-state index contributed by atoms with van der Waals surface area (Å²) in [7, 11) is 1.58. The van der Waals surface area contributed by atoms with E-state index in [4.69, 9.17) is 4.74 Å². The average Bonchev–Trinajstić information content (AvgIpc) is 3.25. The number of anilines is 1. The van der Waals surface area contributed by atoms with Crippen LogP contribution in [0.2, 0.25) is 0 Å². The second-order valence-corrected chi connectivity index (χ2v) is 6.33. The molecule has 0 spiro atoms. The Hall–Kier alpha value is -4.00. The molecule has 0 radical (unpaired) electrons. The highest BCUT2D eigenvalue weighted by molar-refractivity contribution is 5.95. The Kier molecular flexibility index (Phi) is 5.29. The third kappa shape index (κ3) is 4.14. The first-order chi connectivity index (χ1) is 14.2. The first kappa shape index (κ1) is 18.4. The van der Waals surface area contributed by atoms with Gasteiger partial charge >= 0.3 is 0 Å². The summed E-state index contributed by atoms with van der Waals surface area (Å²) < 4.78 is 5.23. The molecule has 1 unspecified atom stereocenters. The number of hydrogen-bond acceptors (Lipinski definition) is 5. The first-order valence-corrected chi connectivity index (χ1v) is 9.09. The van der Waals surface area contributed by atoms with Crippen LogP contribution in [0.4, 0.5) is 5.69 Å². The van der Waals surface area contributed by atoms with E-state index in [1.807, 2.05) is 72.8 Å². The van der Waals surface area contributed by atoms with Gasteiger partial charge in [-0.05, 0) is 22.9 Å². The lowest BCUT2D eigenvalue weighted by molar-refractivity contribution is -0.118. The predicted octanol–water partition coefficient (Wildman–Crippen LogP) is 3.58. The monoisotopic (exact) mass is 385 g/mol. The van der Waals surface area contributed by atoms with Crippen LogP contribution in [0, 0.1) is 0 Å². The number of tetrazole rings is 1. The van der Waals surface area contributed by atoms with Gasteiger partial charge in [0.1, 0.15) is 5.75 Å². The molecule has 0 saturated carbocycles. The van der Waals surface area contributed by atoms with E-state index in [2.05, 4.69) is 20.7 Å². The summed E-state index contributed by atoms with van der Waals surface area (Å²) in [5, 5.41) is 15.7. The third-order valence-corrected chi connectivity index (χ3v) is 4.39. The fourth-order valence-electron chi connectivity index (χ4n) is 2.97. The predicted molar refractivity (Wildman–Crippen MR) is 109 cm³/mol. The molecule has 1 atom stereocenters. The van der Waals surface area contributed by atoms with Gasteiger partial charge in [-0.1, -0.05) is 66.7 Å². The number of ether oxygens (including phenoxy) is 1. The molecule has 0 aliphatic heterocycles. The Morgan fingerprint density at radius 1 is 0.966 bits per heavy atom. The van der Waals surface area contributed by atoms with Crippen LogP contribution in [-0.4, -0.2) is 33.2 Å². The summed E-state index contributed by atoms with van der Waals surface area (Å²) in [5.74, 6) is 0.839. The minimum absolute atomic E-state index is 0.276. The van der Waals surface area contributed by atoms with Gasteiger partial charge in [0.15, 0.2) is 6.04 Å². The Morgan fingerprint density at radius 3 is 2.41 bits per heavy atom. The number of amides is 1. The molecule has 144 valence electrons. The maximum atomic E-state index is 13.2. The van der Waals surface area contributed by atoms with E-state index >= 15 is 0 Å². The molecule has 1 aromatic heterocycles. The van der Waals surface area contributed by atoms with Gasteiger partial charge in [-0.3, -0.25) is 4.79 Å². The quantitative estimate of drug-likeness (QED) is 0.549. The Bertz CT molecular complexity index is 1100. The standard InChI is InChI=1S/C22H19N5O2/c1-29-19-14-8-13-18(15-19)23-22(28)20(16-9-4-2-5-10-16)27-25-21(24-26-27)17-11-6-3-7-12-17/h2-15,20H,1H3,(H,23,28). The maximum absolute atomic E-state index is 13.2. The molecule has 29 heavy (non-hydrogen) atoms. The summed E-state index contributed by atoms with van der Waals surface area (Å²) >= 11 is 0. The van der Waals surface area contributed by atoms with Gasteiger partial charge in [-0.15, -0.1) is 15.0 Å². The first-order valence-electron chi connectivity index (χ1n) is 9.09. The minimum atomic E-state index is -0.771. The zero-order chi connectivity index (χ0) is 20.1. The molecular weight excluding hydrogens is 366 g/mol. The lowest BCUT2D eigenvalue weighted by atomic mass is 10.1. The molecule has 0 aliphatic carbocycles. The van der Waals surface area contributed by atoms with Crippen LogP contribution >= 0.6 is 0 Å².